The van der Waals surface area contributed by atoms with Gasteiger partial charge in [0, 0.05) is 5.92 Å². The van der Waals surface area contributed by atoms with Crippen molar-refractivity contribution in [2.75, 3.05) is 19.8 Å². The van der Waals surface area contributed by atoms with E-state index in [0.717, 1.165) is 0 Å². The molecule has 0 saturated heterocycles. The average molecular weight is 346 g/mol. The largest absolute Gasteiger partial charge is 0.397 e. The molecule has 19 heavy (non-hydrogen) atoms. The molecule has 0 unspecified atom stereocenters. The average Bonchev–Trinajstić information content (AvgIpc) is 2.11. The summed E-state index contributed by atoms with van der Waals surface area (Å²) in [5.41, 5.74) is 0. The first kappa shape index (κ1) is 18.6. The fourth-order valence-corrected chi connectivity index (χ4v) is 1.78. The fraction of sp³-hybridized carbons (Fsp3) is 1.00. The molecule has 0 aromatic heterocycles. The first-order valence-corrected chi connectivity index (χ1v) is 8.23. The Kier molecular flexibility index (Phi) is 6.72. The van der Waals surface area contributed by atoms with Gasteiger partial charge < -0.3 is 0 Å². The SMILES string of the molecule is O=S(=O)(O)OCC(COS(=O)(=O)O)COS(=O)(=O)O. The van der Waals surface area contributed by atoms with Crippen LogP contribution in [0.3, 0.4) is 0 Å². The van der Waals surface area contributed by atoms with Gasteiger partial charge in [-0.1, -0.05) is 0 Å². The second kappa shape index (κ2) is 6.86. The number of rotatable bonds is 9. The maximum Gasteiger partial charge on any atom is 0.397 e. The van der Waals surface area contributed by atoms with Crippen molar-refractivity contribution in [3.8, 4) is 0 Å². The van der Waals surface area contributed by atoms with Crippen LogP contribution in [-0.4, -0.2) is 58.7 Å². The second-order valence-corrected chi connectivity index (χ2v) is 6.28. The maximum absolute atomic E-state index is 10.3. The van der Waals surface area contributed by atoms with Crippen molar-refractivity contribution >= 4 is 31.2 Å². The summed E-state index contributed by atoms with van der Waals surface area (Å²) in [6, 6.07) is 0. The molecule has 0 aliphatic rings. The molecule has 116 valence electrons. The summed E-state index contributed by atoms with van der Waals surface area (Å²) in [5.74, 6) is -1.36. The minimum Gasteiger partial charge on any atom is -0.264 e. The Hall–Kier alpha value is -0.390. The van der Waals surface area contributed by atoms with E-state index in [1.807, 2.05) is 0 Å². The first-order valence-electron chi connectivity index (χ1n) is 4.14. The summed E-state index contributed by atoms with van der Waals surface area (Å²) in [4.78, 5) is 0. The van der Waals surface area contributed by atoms with Gasteiger partial charge in [-0.15, -0.1) is 0 Å². The molecule has 0 aromatic rings. The molecule has 0 aliphatic heterocycles. The van der Waals surface area contributed by atoms with Crippen LogP contribution < -0.4 is 0 Å². The lowest BCUT2D eigenvalue weighted by Crippen LogP contribution is -2.26. The third-order valence-electron chi connectivity index (χ3n) is 1.36. The molecule has 0 atom stereocenters. The zero-order chi connectivity index (χ0) is 15.3. The van der Waals surface area contributed by atoms with Gasteiger partial charge in [-0.25, -0.2) is 12.5 Å². The molecule has 0 saturated carbocycles. The van der Waals surface area contributed by atoms with Gasteiger partial charge in [0.1, 0.15) is 0 Å². The van der Waals surface area contributed by atoms with E-state index in [-0.39, 0.29) is 0 Å². The standard InChI is InChI=1S/C4H10O12S3/c5-17(6,7)14-1-4(2-15-18(8,9)10)3-16-19(11,12)13/h4H,1-3H2,(H,5,6,7)(H,8,9,10)(H,11,12,13). The summed E-state index contributed by atoms with van der Waals surface area (Å²) in [6.45, 7) is -2.78. The van der Waals surface area contributed by atoms with Crippen molar-refractivity contribution in [1.29, 1.82) is 0 Å². The lowest BCUT2D eigenvalue weighted by molar-refractivity contribution is 0.115. The molecule has 0 aromatic carbocycles. The van der Waals surface area contributed by atoms with E-state index in [2.05, 4.69) is 12.5 Å². The Morgan fingerprint density at radius 1 is 0.632 bits per heavy atom. The fourth-order valence-electron chi connectivity index (χ4n) is 0.691. The Balaban J connectivity index is 4.55. The highest BCUT2D eigenvalue weighted by Gasteiger charge is 2.20. The van der Waals surface area contributed by atoms with Gasteiger partial charge in [-0.3, -0.25) is 13.7 Å². The third kappa shape index (κ3) is 13.8. The van der Waals surface area contributed by atoms with E-state index in [4.69, 9.17) is 13.7 Å². The number of hydrogen-bond donors (Lipinski definition) is 3. The lowest BCUT2D eigenvalue weighted by Gasteiger charge is -2.13. The van der Waals surface area contributed by atoms with Gasteiger partial charge in [-0.05, 0) is 0 Å². The summed E-state index contributed by atoms with van der Waals surface area (Å²) in [5, 5.41) is 0. The molecule has 0 spiro atoms. The normalized spacial score (nSPS) is 13.9. The van der Waals surface area contributed by atoms with Gasteiger partial charge in [0.15, 0.2) is 0 Å². The van der Waals surface area contributed by atoms with Gasteiger partial charge in [0.25, 0.3) is 0 Å². The van der Waals surface area contributed by atoms with E-state index in [1.54, 1.807) is 0 Å². The van der Waals surface area contributed by atoms with Crippen molar-refractivity contribution in [2.24, 2.45) is 5.92 Å². The van der Waals surface area contributed by atoms with Gasteiger partial charge in [0.05, 0.1) is 19.8 Å². The van der Waals surface area contributed by atoms with Crippen LogP contribution in [0.25, 0.3) is 0 Å². The van der Waals surface area contributed by atoms with E-state index in [9.17, 15) is 25.3 Å². The van der Waals surface area contributed by atoms with Crippen LogP contribution in [0.1, 0.15) is 0 Å². The summed E-state index contributed by atoms with van der Waals surface area (Å²) < 4.78 is 97.8. The highest BCUT2D eigenvalue weighted by atomic mass is 32.3. The molecule has 0 heterocycles. The lowest BCUT2D eigenvalue weighted by atomic mass is 10.2. The van der Waals surface area contributed by atoms with Crippen LogP contribution in [-0.2, 0) is 43.7 Å². The van der Waals surface area contributed by atoms with E-state index >= 15 is 0 Å². The predicted molar refractivity (Wildman–Crippen MR) is 56.0 cm³/mol. The Morgan fingerprint density at radius 3 is 1.00 bits per heavy atom. The van der Waals surface area contributed by atoms with Crippen LogP contribution in [0.5, 0.6) is 0 Å². The zero-order valence-corrected chi connectivity index (χ0v) is 11.4. The minimum atomic E-state index is -4.86. The smallest absolute Gasteiger partial charge is 0.264 e. The maximum atomic E-state index is 10.3. The topological polar surface area (TPSA) is 191 Å². The molecule has 0 rings (SSSR count). The van der Waals surface area contributed by atoms with Crippen LogP contribution in [0, 0.1) is 5.92 Å². The molecule has 0 fully saturated rings. The molecular formula is C4H10O12S3. The van der Waals surface area contributed by atoms with Crippen molar-refractivity contribution in [1.82, 2.24) is 0 Å². The zero-order valence-electron chi connectivity index (χ0n) is 8.94. The third-order valence-corrected chi connectivity index (χ3v) is 2.66. The Bertz CT molecular complexity index is 483. The van der Waals surface area contributed by atoms with E-state index in [1.165, 1.54) is 0 Å². The van der Waals surface area contributed by atoms with Crippen LogP contribution in [0.4, 0.5) is 0 Å². The van der Waals surface area contributed by atoms with Crippen molar-refractivity contribution in [3.63, 3.8) is 0 Å². The van der Waals surface area contributed by atoms with Crippen LogP contribution in [0.2, 0.25) is 0 Å². The molecule has 0 amide bonds. The van der Waals surface area contributed by atoms with Gasteiger partial charge in [0.2, 0.25) is 0 Å². The molecular weight excluding hydrogens is 336 g/mol. The molecule has 3 N–H and O–H groups in total. The monoisotopic (exact) mass is 346 g/mol. The molecule has 0 aliphatic carbocycles. The quantitative estimate of drug-likeness (QED) is 0.392. The number of hydrogen-bond acceptors (Lipinski definition) is 9. The van der Waals surface area contributed by atoms with E-state index in [0.29, 0.717) is 0 Å². The Labute approximate surface area is 109 Å². The van der Waals surface area contributed by atoms with Gasteiger partial charge >= 0.3 is 31.2 Å². The molecule has 0 radical (unpaired) electrons. The van der Waals surface area contributed by atoms with Crippen molar-refractivity contribution in [2.45, 2.75) is 0 Å². The van der Waals surface area contributed by atoms with Crippen LogP contribution >= 0.6 is 0 Å². The van der Waals surface area contributed by atoms with Crippen LogP contribution in [0.15, 0.2) is 0 Å². The van der Waals surface area contributed by atoms with Crippen molar-refractivity contribution in [3.05, 3.63) is 0 Å². The molecule has 0 bridgehead atoms. The summed E-state index contributed by atoms with van der Waals surface area (Å²) in [7, 11) is -14.6. The second-order valence-electron chi connectivity index (χ2n) is 3.00. The highest BCUT2D eigenvalue weighted by molar-refractivity contribution is 7.81. The Morgan fingerprint density at radius 2 is 0.842 bits per heavy atom. The molecule has 15 heteroatoms. The summed E-state index contributed by atoms with van der Waals surface area (Å²) >= 11 is 0. The summed E-state index contributed by atoms with van der Waals surface area (Å²) in [6.07, 6.45) is 0. The van der Waals surface area contributed by atoms with E-state index < -0.39 is 56.9 Å². The highest BCUT2D eigenvalue weighted by Crippen LogP contribution is 2.06. The van der Waals surface area contributed by atoms with Crippen molar-refractivity contribution < 1.29 is 51.5 Å². The first-order chi connectivity index (χ1) is 8.29. The molecule has 12 nitrogen and oxygen atoms in total. The van der Waals surface area contributed by atoms with Gasteiger partial charge in [-0.2, -0.15) is 25.3 Å². The minimum absolute atomic E-state index is 0.927. The predicted octanol–water partition coefficient (Wildman–Crippen LogP) is -1.94.